The van der Waals surface area contributed by atoms with Crippen LogP contribution in [0, 0.1) is 11.7 Å². The molecule has 1 fully saturated rings. The fourth-order valence-corrected chi connectivity index (χ4v) is 4.06. The largest absolute Gasteiger partial charge is 0.379 e. The van der Waals surface area contributed by atoms with E-state index in [0.29, 0.717) is 29.3 Å². The first-order valence-corrected chi connectivity index (χ1v) is 11.0. The molecule has 7 heteroatoms. The van der Waals surface area contributed by atoms with Gasteiger partial charge in [-0.05, 0) is 42.3 Å². The van der Waals surface area contributed by atoms with Crippen LogP contribution in [0.2, 0.25) is 0 Å². The average molecular weight is 437 g/mol. The summed E-state index contributed by atoms with van der Waals surface area (Å²) in [6, 6.07) is 15.9. The van der Waals surface area contributed by atoms with E-state index in [9.17, 15) is 9.18 Å². The van der Waals surface area contributed by atoms with Crippen molar-refractivity contribution in [1.82, 2.24) is 20.0 Å². The monoisotopic (exact) mass is 436 g/mol. The van der Waals surface area contributed by atoms with Crippen LogP contribution in [-0.4, -0.2) is 59.5 Å². The molecule has 0 aliphatic carbocycles. The van der Waals surface area contributed by atoms with E-state index in [4.69, 9.17) is 4.74 Å². The lowest BCUT2D eigenvalue weighted by Crippen LogP contribution is -2.51. The summed E-state index contributed by atoms with van der Waals surface area (Å²) in [5.74, 6) is -0.130. The Morgan fingerprint density at radius 3 is 2.44 bits per heavy atom. The Hall–Kier alpha value is -3.03. The molecule has 168 valence electrons. The number of morpholine rings is 1. The first-order valence-electron chi connectivity index (χ1n) is 11.0. The molecule has 1 aliphatic rings. The number of aromatic nitrogens is 2. The summed E-state index contributed by atoms with van der Waals surface area (Å²) >= 11 is 0. The highest BCUT2D eigenvalue weighted by Gasteiger charge is 2.25. The van der Waals surface area contributed by atoms with Gasteiger partial charge in [-0.25, -0.2) is 9.07 Å². The molecule has 3 aromatic rings. The van der Waals surface area contributed by atoms with Gasteiger partial charge >= 0.3 is 0 Å². The number of nitrogens with one attached hydrogen (secondary N) is 1. The third kappa shape index (κ3) is 5.06. The zero-order chi connectivity index (χ0) is 22.5. The van der Waals surface area contributed by atoms with Crippen LogP contribution in [0.5, 0.6) is 0 Å². The molecule has 32 heavy (non-hydrogen) atoms. The Kier molecular flexibility index (Phi) is 6.97. The first kappa shape index (κ1) is 22.2. The molecule has 1 saturated heterocycles. The molecule has 2 aromatic carbocycles. The van der Waals surface area contributed by atoms with Crippen LogP contribution in [0.25, 0.3) is 16.9 Å². The van der Waals surface area contributed by atoms with Crippen molar-refractivity contribution in [3.8, 4) is 16.9 Å². The molecule has 1 atom stereocenters. The molecule has 0 spiro atoms. The number of nitrogens with zero attached hydrogens (tertiary/aromatic N) is 3. The standard InChI is InChI=1S/C25H29FN4O2/c1-18(2)23(29-12-14-32-15-13-29)16-27-25(31)22-17-30(21-6-4-3-5-7-21)28-24(22)19-8-10-20(26)11-9-19/h3-11,17-18,23H,12-16H2,1-2H3,(H,27,31). The van der Waals surface area contributed by atoms with Gasteiger partial charge in [0.25, 0.3) is 5.91 Å². The highest BCUT2D eigenvalue weighted by atomic mass is 19.1. The van der Waals surface area contributed by atoms with E-state index >= 15 is 0 Å². The van der Waals surface area contributed by atoms with Crippen LogP contribution in [0.15, 0.2) is 60.8 Å². The topological polar surface area (TPSA) is 59.4 Å². The van der Waals surface area contributed by atoms with Crippen molar-refractivity contribution in [3.63, 3.8) is 0 Å². The number of halogens is 1. The molecule has 6 nitrogen and oxygen atoms in total. The number of carbonyl (C=O) groups excluding carboxylic acids is 1. The number of ether oxygens (including phenoxy) is 1. The fourth-order valence-electron chi connectivity index (χ4n) is 4.06. The number of hydrogen-bond acceptors (Lipinski definition) is 4. The molecule has 0 saturated carbocycles. The molecule has 1 unspecified atom stereocenters. The SMILES string of the molecule is CC(C)C(CNC(=O)c1cn(-c2ccccc2)nc1-c1ccc(F)cc1)N1CCOCC1. The second-order valence-corrected chi connectivity index (χ2v) is 8.35. The molecule has 1 amide bonds. The third-order valence-electron chi connectivity index (χ3n) is 5.85. The Bertz CT molecular complexity index is 1030. The zero-order valence-electron chi connectivity index (χ0n) is 18.5. The summed E-state index contributed by atoms with van der Waals surface area (Å²) in [4.78, 5) is 15.7. The van der Waals surface area contributed by atoms with Crippen molar-refractivity contribution >= 4 is 5.91 Å². The molecular weight excluding hydrogens is 407 g/mol. The van der Waals surface area contributed by atoms with E-state index < -0.39 is 0 Å². The average Bonchev–Trinajstić information content (AvgIpc) is 3.26. The molecular formula is C25H29FN4O2. The summed E-state index contributed by atoms with van der Waals surface area (Å²) in [5.41, 5.74) is 2.53. The van der Waals surface area contributed by atoms with Gasteiger partial charge < -0.3 is 10.1 Å². The van der Waals surface area contributed by atoms with Gasteiger partial charge in [0.1, 0.15) is 11.5 Å². The summed E-state index contributed by atoms with van der Waals surface area (Å²) in [6.45, 7) is 8.05. The number of para-hydroxylation sites is 1. The van der Waals surface area contributed by atoms with Crippen LogP contribution in [0.1, 0.15) is 24.2 Å². The summed E-state index contributed by atoms with van der Waals surface area (Å²) in [7, 11) is 0. The molecule has 0 bridgehead atoms. The third-order valence-corrected chi connectivity index (χ3v) is 5.85. The van der Waals surface area contributed by atoms with Gasteiger partial charge in [-0.15, -0.1) is 0 Å². The highest BCUT2D eigenvalue weighted by molar-refractivity contribution is 6.00. The van der Waals surface area contributed by atoms with Crippen LogP contribution in [-0.2, 0) is 4.74 Å². The van der Waals surface area contributed by atoms with Crippen LogP contribution in [0.4, 0.5) is 4.39 Å². The van der Waals surface area contributed by atoms with Crippen molar-refractivity contribution in [2.75, 3.05) is 32.8 Å². The maximum Gasteiger partial charge on any atom is 0.255 e. The fraction of sp³-hybridized carbons (Fsp3) is 0.360. The Balaban J connectivity index is 1.59. The molecule has 0 radical (unpaired) electrons. The summed E-state index contributed by atoms with van der Waals surface area (Å²) in [5, 5.41) is 7.78. The van der Waals surface area contributed by atoms with Crippen molar-refractivity contribution < 1.29 is 13.9 Å². The lowest BCUT2D eigenvalue weighted by atomic mass is 10.0. The van der Waals surface area contributed by atoms with Gasteiger partial charge in [-0.1, -0.05) is 32.0 Å². The first-order chi connectivity index (χ1) is 15.5. The van der Waals surface area contributed by atoms with Gasteiger partial charge in [-0.3, -0.25) is 9.69 Å². The molecule has 1 aromatic heterocycles. The molecule has 1 N–H and O–H groups in total. The van der Waals surface area contributed by atoms with E-state index in [0.717, 1.165) is 32.0 Å². The van der Waals surface area contributed by atoms with Crippen LogP contribution < -0.4 is 5.32 Å². The normalized spacial score (nSPS) is 15.6. The van der Waals surface area contributed by atoms with Gasteiger partial charge in [0, 0.05) is 37.4 Å². The number of amides is 1. The van der Waals surface area contributed by atoms with Crippen molar-refractivity contribution in [2.24, 2.45) is 5.92 Å². The zero-order valence-corrected chi connectivity index (χ0v) is 18.5. The maximum atomic E-state index is 13.5. The maximum absolute atomic E-state index is 13.5. The van der Waals surface area contributed by atoms with Crippen molar-refractivity contribution in [3.05, 3.63) is 72.2 Å². The van der Waals surface area contributed by atoms with Crippen molar-refractivity contribution in [2.45, 2.75) is 19.9 Å². The van der Waals surface area contributed by atoms with Crippen molar-refractivity contribution in [1.29, 1.82) is 0 Å². The van der Waals surface area contributed by atoms with E-state index in [1.54, 1.807) is 23.0 Å². The molecule has 2 heterocycles. The lowest BCUT2D eigenvalue weighted by Gasteiger charge is -2.36. The summed E-state index contributed by atoms with van der Waals surface area (Å²) in [6.07, 6.45) is 1.74. The Morgan fingerprint density at radius 2 is 1.78 bits per heavy atom. The van der Waals surface area contributed by atoms with Crippen LogP contribution in [0.3, 0.4) is 0 Å². The minimum atomic E-state index is -0.326. The van der Waals surface area contributed by atoms with E-state index in [1.165, 1.54) is 12.1 Å². The number of carbonyl (C=O) groups is 1. The minimum Gasteiger partial charge on any atom is -0.379 e. The molecule has 4 rings (SSSR count). The van der Waals surface area contributed by atoms with Gasteiger partial charge in [0.2, 0.25) is 0 Å². The number of hydrogen-bond donors (Lipinski definition) is 1. The lowest BCUT2D eigenvalue weighted by molar-refractivity contribution is 0.00673. The predicted molar refractivity (Wildman–Crippen MR) is 122 cm³/mol. The van der Waals surface area contributed by atoms with E-state index in [-0.39, 0.29) is 17.8 Å². The summed E-state index contributed by atoms with van der Waals surface area (Å²) < 4.78 is 20.6. The second kappa shape index (κ2) is 10.1. The smallest absolute Gasteiger partial charge is 0.255 e. The Labute approximate surface area is 188 Å². The number of benzene rings is 2. The van der Waals surface area contributed by atoms with E-state index in [2.05, 4.69) is 29.2 Å². The minimum absolute atomic E-state index is 0.189. The molecule has 1 aliphatic heterocycles. The highest BCUT2D eigenvalue weighted by Crippen LogP contribution is 2.24. The van der Waals surface area contributed by atoms with Gasteiger partial charge in [0.15, 0.2) is 0 Å². The van der Waals surface area contributed by atoms with E-state index in [1.807, 2.05) is 30.3 Å². The predicted octanol–water partition coefficient (Wildman–Crippen LogP) is 3.77. The quantitative estimate of drug-likeness (QED) is 0.613. The number of rotatable bonds is 7. The Morgan fingerprint density at radius 1 is 1.09 bits per heavy atom. The van der Waals surface area contributed by atoms with Crippen LogP contribution >= 0.6 is 0 Å². The van der Waals surface area contributed by atoms with Gasteiger partial charge in [0.05, 0.1) is 24.5 Å². The van der Waals surface area contributed by atoms with Gasteiger partial charge in [-0.2, -0.15) is 5.10 Å². The second-order valence-electron chi connectivity index (χ2n) is 8.35.